The van der Waals surface area contributed by atoms with E-state index in [2.05, 4.69) is 21.2 Å². The molecule has 0 radical (unpaired) electrons. The van der Waals surface area contributed by atoms with Crippen molar-refractivity contribution in [2.45, 2.75) is 6.42 Å². The fourth-order valence-electron chi connectivity index (χ4n) is 2.10. The third-order valence-corrected chi connectivity index (χ3v) is 3.81. The lowest BCUT2D eigenvalue weighted by atomic mass is 10.0. The normalized spacial score (nSPS) is 13.3. The maximum Gasteiger partial charge on any atom is 0.228 e. The Bertz CT molecular complexity index is 637. The lowest BCUT2D eigenvalue weighted by molar-refractivity contribution is -0.115. The van der Waals surface area contributed by atoms with E-state index in [1.807, 2.05) is 36.4 Å². The van der Waals surface area contributed by atoms with Crippen molar-refractivity contribution in [2.24, 2.45) is 0 Å². The molecule has 4 heteroatoms. The molecule has 0 unspecified atom stereocenters. The predicted molar refractivity (Wildman–Crippen MR) is 76.9 cm³/mol. The van der Waals surface area contributed by atoms with Crippen molar-refractivity contribution >= 4 is 39.1 Å². The third-order valence-electron chi connectivity index (χ3n) is 2.97. The number of benzene rings is 2. The van der Waals surface area contributed by atoms with Gasteiger partial charge in [0.2, 0.25) is 5.91 Å². The number of rotatable bonds is 1. The summed E-state index contributed by atoms with van der Waals surface area (Å²) in [6, 6.07) is 11.8. The second kappa shape index (κ2) is 4.41. The first-order chi connectivity index (χ1) is 8.63. The van der Waals surface area contributed by atoms with Crippen LogP contribution in [0.3, 0.4) is 0 Å². The Morgan fingerprint density at radius 1 is 1.17 bits per heavy atom. The van der Waals surface area contributed by atoms with Crippen molar-refractivity contribution in [1.82, 2.24) is 0 Å². The number of nitrogens with one attached hydrogen (secondary N) is 1. The van der Waals surface area contributed by atoms with Gasteiger partial charge in [0.25, 0.3) is 0 Å². The van der Waals surface area contributed by atoms with Gasteiger partial charge in [-0.05, 0) is 35.4 Å². The van der Waals surface area contributed by atoms with E-state index >= 15 is 0 Å². The van der Waals surface area contributed by atoms with E-state index in [4.69, 9.17) is 11.6 Å². The highest BCUT2D eigenvalue weighted by Gasteiger charge is 2.19. The molecule has 0 aromatic heterocycles. The SMILES string of the molecule is O=C1Cc2cc(-c3ccc(Br)cc3)c(Cl)cc2N1. The smallest absolute Gasteiger partial charge is 0.228 e. The third kappa shape index (κ3) is 2.04. The highest BCUT2D eigenvalue weighted by molar-refractivity contribution is 9.10. The van der Waals surface area contributed by atoms with Gasteiger partial charge in [-0.15, -0.1) is 0 Å². The minimum absolute atomic E-state index is 0.0222. The Hall–Kier alpha value is -1.32. The summed E-state index contributed by atoms with van der Waals surface area (Å²) in [4.78, 5) is 11.3. The molecule has 2 aromatic rings. The molecule has 0 atom stereocenters. The second-order valence-electron chi connectivity index (χ2n) is 4.22. The average molecular weight is 323 g/mol. The molecule has 1 amide bonds. The van der Waals surface area contributed by atoms with Gasteiger partial charge in [0.1, 0.15) is 0 Å². The first kappa shape index (κ1) is 11.8. The van der Waals surface area contributed by atoms with Gasteiger partial charge in [-0.25, -0.2) is 0 Å². The van der Waals surface area contributed by atoms with Crippen LogP contribution in [-0.4, -0.2) is 5.91 Å². The van der Waals surface area contributed by atoms with E-state index in [1.54, 1.807) is 0 Å². The molecule has 2 nitrogen and oxygen atoms in total. The highest BCUT2D eigenvalue weighted by Crippen LogP contribution is 2.35. The van der Waals surface area contributed by atoms with Gasteiger partial charge in [0, 0.05) is 15.7 Å². The molecule has 3 rings (SSSR count). The summed E-state index contributed by atoms with van der Waals surface area (Å²) < 4.78 is 1.03. The summed E-state index contributed by atoms with van der Waals surface area (Å²) in [6.45, 7) is 0. The van der Waals surface area contributed by atoms with Gasteiger partial charge >= 0.3 is 0 Å². The molecular formula is C14H9BrClNO. The fourth-order valence-corrected chi connectivity index (χ4v) is 2.64. The van der Waals surface area contributed by atoms with E-state index in [0.29, 0.717) is 11.4 Å². The Labute approximate surface area is 118 Å². The maximum absolute atomic E-state index is 11.3. The van der Waals surface area contributed by atoms with Crippen molar-refractivity contribution in [3.63, 3.8) is 0 Å². The first-order valence-electron chi connectivity index (χ1n) is 5.52. The summed E-state index contributed by atoms with van der Waals surface area (Å²) in [5.41, 5.74) is 3.83. The van der Waals surface area contributed by atoms with Crippen molar-refractivity contribution in [2.75, 3.05) is 5.32 Å². The molecule has 1 N–H and O–H groups in total. The minimum atomic E-state index is 0.0222. The number of hydrogen-bond donors (Lipinski definition) is 1. The molecule has 0 saturated heterocycles. The van der Waals surface area contributed by atoms with Crippen LogP contribution in [0.1, 0.15) is 5.56 Å². The van der Waals surface area contributed by atoms with Gasteiger partial charge in [-0.3, -0.25) is 4.79 Å². The zero-order valence-corrected chi connectivity index (χ0v) is 11.7. The van der Waals surface area contributed by atoms with Crippen LogP contribution < -0.4 is 5.32 Å². The molecule has 0 spiro atoms. The monoisotopic (exact) mass is 321 g/mol. The standard InChI is InChI=1S/C14H9BrClNO/c15-10-3-1-8(2-4-10)11-5-9-6-14(18)17-13(9)7-12(11)16/h1-5,7H,6H2,(H,17,18). The van der Waals surface area contributed by atoms with Gasteiger partial charge in [0.05, 0.1) is 11.4 Å². The van der Waals surface area contributed by atoms with E-state index in [1.165, 1.54) is 0 Å². The lowest BCUT2D eigenvalue weighted by Crippen LogP contribution is -2.03. The maximum atomic E-state index is 11.3. The van der Waals surface area contributed by atoms with Crippen LogP contribution in [0.4, 0.5) is 5.69 Å². The average Bonchev–Trinajstić information content (AvgIpc) is 2.68. The summed E-state index contributed by atoms with van der Waals surface area (Å²) in [5, 5.41) is 3.45. The second-order valence-corrected chi connectivity index (χ2v) is 5.54. The Balaban J connectivity index is 2.11. The number of anilines is 1. The molecule has 0 bridgehead atoms. The Morgan fingerprint density at radius 2 is 1.89 bits per heavy atom. The minimum Gasteiger partial charge on any atom is -0.325 e. The quantitative estimate of drug-likeness (QED) is 0.835. The molecule has 2 aromatic carbocycles. The van der Waals surface area contributed by atoms with Crippen LogP contribution in [-0.2, 0) is 11.2 Å². The molecule has 0 saturated carbocycles. The number of fused-ring (bicyclic) bond motifs is 1. The Morgan fingerprint density at radius 3 is 2.61 bits per heavy atom. The predicted octanol–water partition coefficient (Wildman–Crippen LogP) is 4.26. The number of carbonyl (C=O) groups excluding carboxylic acids is 1. The van der Waals surface area contributed by atoms with Gasteiger partial charge in [0.15, 0.2) is 0 Å². The molecule has 1 aliphatic rings. The van der Waals surface area contributed by atoms with Gasteiger partial charge in [-0.2, -0.15) is 0 Å². The van der Waals surface area contributed by atoms with E-state index < -0.39 is 0 Å². The Kier molecular flexibility index (Phi) is 2.88. The van der Waals surface area contributed by atoms with E-state index in [0.717, 1.165) is 26.9 Å². The van der Waals surface area contributed by atoms with Crippen LogP contribution in [0.25, 0.3) is 11.1 Å². The van der Waals surface area contributed by atoms with Crippen LogP contribution >= 0.6 is 27.5 Å². The van der Waals surface area contributed by atoms with Crippen LogP contribution in [0.2, 0.25) is 5.02 Å². The molecule has 1 aliphatic heterocycles. The largest absolute Gasteiger partial charge is 0.325 e. The number of halogens is 2. The lowest BCUT2D eigenvalue weighted by Gasteiger charge is -2.08. The molecule has 90 valence electrons. The molecule has 1 heterocycles. The van der Waals surface area contributed by atoms with Crippen LogP contribution in [0.15, 0.2) is 40.9 Å². The van der Waals surface area contributed by atoms with E-state index in [-0.39, 0.29) is 5.91 Å². The molecule has 0 fully saturated rings. The van der Waals surface area contributed by atoms with Crippen LogP contribution in [0.5, 0.6) is 0 Å². The zero-order valence-electron chi connectivity index (χ0n) is 9.34. The van der Waals surface area contributed by atoms with Crippen LogP contribution in [0, 0.1) is 0 Å². The molecular weight excluding hydrogens is 314 g/mol. The summed E-state index contributed by atoms with van der Waals surface area (Å²) in [5.74, 6) is 0.0222. The fraction of sp³-hybridized carbons (Fsp3) is 0.0714. The molecule has 18 heavy (non-hydrogen) atoms. The number of hydrogen-bond acceptors (Lipinski definition) is 1. The number of carbonyl (C=O) groups is 1. The van der Waals surface area contributed by atoms with Crippen molar-refractivity contribution < 1.29 is 4.79 Å². The summed E-state index contributed by atoms with van der Waals surface area (Å²) in [6.07, 6.45) is 0.427. The zero-order chi connectivity index (χ0) is 12.7. The van der Waals surface area contributed by atoms with Crippen molar-refractivity contribution in [1.29, 1.82) is 0 Å². The summed E-state index contributed by atoms with van der Waals surface area (Å²) >= 11 is 9.67. The first-order valence-corrected chi connectivity index (χ1v) is 6.69. The molecule has 0 aliphatic carbocycles. The van der Waals surface area contributed by atoms with Crippen molar-refractivity contribution in [3.05, 3.63) is 51.5 Å². The van der Waals surface area contributed by atoms with E-state index in [9.17, 15) is 4.79 Å². The van der Waals surface area contributed by atoms with Crippen molar-refractivity contribution in [3.8, 4) is 11.1 Å². The van der Waals surface area contributed by atoms with Gasteiger partial charge < -0.3 is 5.32 Å². The highest BCUT2D eigenvalue weighted by atomic mass is 79.9. The van der Waals surface area contributed by atoms with Gasteiger partial charge in [-0.1, -0.05) is 39.7 Å². The topological polar surface area (TPSA) is 29.1 Å². The number of amides is 1. The summed E-state index contributed by atoms with van der Waals surface area (Å²) in [7, 11) is 0.